The number of thioether (sulfide) groups is 1. The zero-order valence-corrected chi connectivity index (χ0v) is 13.3. The molecule has 0 aliphatic rings. The van der Waals surface area contributed by atoms with E-state index in [2.05, 4.69) is 40.4 Å². The van der Waals surface area contributed by atoms with Gasteiger partial charge in [-0.2, -0.15) is 16.9 Å². The van der Waals surface area contributed by atoms with Gasteiger partial charge in [0.1, 0.15) is 0 Å². The number of anilines is 1. The van der Waals surface area contributed by atoms with Crippen LogP contribution in [0.5, 0.6) is 0 Å². The van der Waals surface area contributed by atoms with Gasteiger partial charge >= 0.3 is 0 Å². The molecule has 0 radical (unpaired) electrons. The number of aromatic nitrogens is 4. The van der Waals surface area contributed by atoms with Crippen molar-refractivity contribution in [3.63, 3.8) is 0 Å². The van der Waals surface area contributed by atoms with E-state index in [0.29, 0.717) is 6.04 Å². The van der Waals surface area contributed by atoms with E-state index in [9.17, 15) is 0 Å². The van der Waals surface area contributed by atoms with Crippen molar-refractivity contribution in [1.29, 1.82) is 0 Å². The maximum absolute atomic E-state index is 4.33. The quantitative estimate of drug-likeness (QED) is 0.818. The lowest BCUT2D eigenvalue weighted by Crippen LogP contribution is -2.30. The molecule has 20 heavy (non-hydrogen) atoms. The molecule has 0 fully saturated rings. The number of rotatable bonds is 6. The first-order valence-corrected chi connectivity index (χ1v) is 8.09. The fraction of sp³-hybridized carbons (Fsp3) is 0.500. The minimum atomic E-state index is 0.453. The summed E-state index contributed by atoms with van der Waals surface area (Å²) in [6.45, 7) is 4.17. The van der Waals surface area contributed by atoms with Crippen LogP contribution in [0.1, 0.15) is 19.0 Å². The summed E-state index contributed by atoms with van der Waals surface area (Å²) in [5.74, 6) is 2.79. The molecule has 0 spiro atoms. The molecule has 2 rings (SSSR count). The predicted octanol–water partition coefficient (Wildman–Crippen LogP) is 2.55. The van der Waals surface area contributed by atoms with Gasteiger partial charge in [-0.3, -0.25) is 0 Å². The maximum Gasteiger partial charge on any atom is 0.175 e. The number of hydrogen-bond donors (Lipinski definition) is 0. The highest BCUT2D eigenvalue weighted by molar-refractivity contribution is 7.98. The molecule has 0 aliphatic heterocycles. The van der Waals surface area contributed by atoms with Gasteiger partial charge in [-0.1, -0.05) is 0 Å². The normalized spacial score (nSPS) is 12.4. The van der Waals surface area contributed by atoms with E-state index in [1.54, 1.807) is 4.68 Å². The second-order valence-electron chi connectivity index (χ2n) is 4.89. The van der Waals surface area contributed by atoms with Crippen molar-refractivity contribution in [2.24, 2.45) is 0 Å². The van der Waals surface area contributed by atoms with Crippen molar-refractivity contribution in [3.8, 4) is 5.82 Å². The van der Waals surface area contributed by atoms with Gasteiger partial charge in [0, 0.05) is 19.3 Å². The first-order valence-electron chi connectivity index (χ1n) is 6.70. The SMILES string of the molecule is CSCC[C@@H](C)N(C)c1ccc(-n2ccc(C)n2)nn1. The van der Waals surface area contributed by atoms with Crippen LogP contribution in [-0.2, 0) is 0 Å². The van der Waals surface area contributed by atoms with E-state index >= 15 is 0 Å². The van der Waals surface area contributed by atoms with Gasteiger partial charge in [-0.05, 0) is 50.5 Å². The van der Waals surface area contributed by atoms with Crippen LogP contribution in [0.2, 0.25) is 0 Å². The lowest BCUT2D eigenvalue weighted by molar-refractivity contribution is 0.655. The molecule has 108 valence electrons. The summed E-state index contributed by atoms with van der Waals surface area (Å²) in [7, 11) is 2.06. The smallest absolute Gasteiger partial charge is 0.175 e. The minimum Gasteiger partial charge on any atom is -0.355 e. The van der Waals surface area contributed by atoms with E-state index in [4.69, 9.17) is 0 Å². The molecule has 0 unspecified atom stereocenters. The summed E-state index contributed by atoms with van der Waals surface area (Å²) in [5.41, 5.74) is 0.971. The van der Waals surface area contributed by atoms with Gasteiger partial charge in [0.15, 0.2) is 11.6 Å². The molecule has 2 aromatic heterocycles. The van der Waals surface area contributed by atoms with Crippen LogP contribution >= 0.6 is 11.8 Å². The number of nitrogens with zero attached hydrogens (tertiary/aromatic N) is 5. The van der Waals surface area contributed by atoms with Gasteiger partial charge in [0.2, 0.25) is 0 Å². The molecule has 0 amide bonds. The molecule has 5 nitrogen and oxygen atoms in total. The monoisotopic (exact) mass is 291 g/mol. The average molecular weight is 291 g/mol. The van der Waals surface area contributed by atoms with Crippen LogP contribution < -0.4 is 4.90 Å². The highest BCUT2D eigenvalue weighted by Crippen LogP contribution is 2.15. The summed E-state index contributed by atoms with van der Waals surface area (Å²) >= 11 is 1.87. The van der Waals surface area contributed by atoms with Gasteiger partial charge in [-0.15, -0.1) is 10.2 Å². The van der Waals surface area contributed by atoms with Crippen LogP contribution in [0.25, 0.3) is 5.82 Å². The van der Waals surface area contributed by atoms with Crippen LogP contribution in [0.4, 0.5) is 5.82 Å². The van der Waals surface area contributed by atoms with Crippen molar-refractivity contribution >= 4 is 17.6 Å². The molecule has 0 aliphatic carbocycles. The van der Waals surface area contributed by atoms with Gasteiger partial charge < -0.3 is 4.90 Å². The van der Waals surface area contributed by atoms with E-state index in [1.165, 1.54) is 0 Å². The lowest BCUT2D eigenvalue weighted by atomic mass is 10.2. The molecule has 1 atom stereocenters. The third-order valence-electron chi connectivity index (χ3n) is 3.36. The van der Waals surface area contributed by atoms with Crippen molar-refractivity contribution in [2.75, 3.05) is 24.0 Å². The highest BCUT2D eigenvalue weighted by Gasteiger charge is 2.11. The lowest BCUT2D eigenvalue weighted by Gasteiger charge is -2.25. The van der Waals surface area contributed by atoms with Crippen LogP contribution in [0, 0.1) is 6.92 Å². The minimum absolute atomic E-state index is 0.453. The Bertz CT molecular complexity index is 537. The van der Waals surface area contributed by atoms with Crippen molar-refractivity contribution in [1.82, 2.24) is 20.0 Å². The molecule has 0 aromatic carbocycles. The molecule has 0 bridgehead atoms. The Balaban J connectivity index is 2.07. The summed E-state index contributed by atoms with van der Waals surface area (Å²) in [5, 5.41) is 12.9. The van der Waals surface area contributed by atoms with Crippen LogP contribution in [0.3, 0.4) is 0 Å². The summed E-state index contributed by atoms with van der Waals surface area (Å²) < 4.78 is 1.74. The van der Waals surface area contributed by atoms with E-state index in [-0.39, 0.29) is 0 Å². The largest absolute Gasteiger partial charge is 0.355 e. The zero-order chi connectivity index (χ0) is 14.5. The molecule has 0 saturated carbocycles. The number of hydrogen-bond acceptors (Lipinski definition) is 5. The third-order valence-corrected chi connectivity index (χ3v) is 4.00. The average Bonchev–Trinajstić information content (AvgIpc) is 2.90. The maximum atomic E-state index is 4.33. The van der Waals surface area contributed by atoms with Gasteiger partial charge in [0.05, 0.1) is 5.69 Å². The highest BCUT2D eigenvalue weighted by atomic mass is 32.2. The Labute approximate surface area is 124 Å². The summed E-state index contributed by atoms with van der Waals surface area (Å²) in [4.78, 5) is 2.17. The first-order chi connectivity index (χ1) is 9.61. The Morgan fingerprint density at radius 1 is 1.30 bits per heavy atom. The molecular weight excluding hydrogens is 270 g/mol. The summed E-state index contributed by atoms with van der Waals surface area (Å²) in [6.07, 6.45) is 5.16. The predicted molar refractivity (Wildman–Crippen MR) is 84.8 cm³/mol. The van der Waals surface area contributed by atoms with Crippen molar-refractivity contribution in [2.45, 2.75) is 26.3 Å². The van der Waals surface area contributed by atoms with E-state index in [1.807, 2.05) is 43.1 Å². The molecule has 0 N–H and O–H groups in total. The van der Waals surface area contributed by atoms with E-state index in [0.717, 1.165) is 29.5 Å². The Kier molecular flexibility index (Phi) is 5.00. The van der Waals surface area contributed by atoms with Crippen LogP contribution in [-0.4, -0.2) is 45.1 Å². The van der Waals surface area contributed by atoms with Crippen molar-refractivity contribution < 1.29 is 0 Å². The Morgan fingerprint density at radius 2 is 2.10 bits per heavy atom. The fourth-order valence-corrected chi connectivity index (χ4v) is 2.46. The van der Waals surface area contributed by atoms with Gasteiger partial charge in [0.25, 0.3) is 0 Å². The topological polar surface area (TPSA) is 46.8 Å². The third kappa shape index (κ3) is 3.50. The molecule has 0 saturated heterocycles. The molecule has 2 heterocycles. The Hall–Kier alpha value is -1.56. The second kappa shape index (κ2) is 6.74. The zero-order valence-electron chi connectivity index (χ0n) is 12.4. The van der Waals surface area contributed by atoms with Crippen molar-refractivity contribution in [3.05, 3.63) is 30.1 Å². The summed E-state index contributed by atoms with van der Waals surface area (Å²) in [6, 6.07) is 6.35. The molecule has 6 heteroatoms. The fourth-order valence-electron chi connectivity index (χ4n) is 1.88. The van der Waals surface area contributed by atoms with E-state index < -0.39 is 0 Å². The molecule has 2 aromatic rings. The second-order valence-corrected chi connectivity index (χ2v) is 5.88. The standard InChI is InChI=1S/C14H21N5S/c1-11-7-9-19(17-11)14-6-5-13(15-16-14)18(3)12(2)8-10-20-4/h5-7,9,12H,8,10H2,1-4H3/t12-/m1/s1. The molecular formula is C14H21N5S. The van der Waals surface area contributed by atoms with Gasteiger partial charge in [-0.25, -0.2) is 4.68 Å². The Morgan fingerprint density at radius 3 is 2.65 bits per heavy atom. The van der Waals surface area contributed by atoms with Crippen LogP contribution in [0.15, 0.2) is 24.4 Å². The number of aryl methyl sites for hydroxylation is 1. The first kappa shape index (κ1) is 14.8.